The van der Waals surface area contributed by atoms with Gasteiger partial charge in [0.1, 0.15) is 18.2 Å². The number of ether oxygens (including phenoxy) is 1. The van der Waals surface area contributed by atoms with Gasteiger partial charge in [0.2, 0.25) is 10.0 Å². The largest absolute Gasteiger partial charge is 0.377 e. The standard InChI is InChI=1S/C12H23N5O3S/c1-4-5-14-10-8-11(17-12(16-10)9-20-3)15-6-7-21(18,19)13-2/h8,13H,4-7,9H2,1-3H3,(H2,14,15,16,17). The molecule has 1 aromatic heterocycles. The summed E-state index contributed by atoms with van der Waals surface area (Å²) in [5.41, 5.74) is 0. The molecule has 8 nitrogen and oxygen atoms in total. The van der Waals surface area contributed by atoms with Crippen LogP contribution >= 0.6 is 0 Å². The van der Waals surface area contributed by atoms with E-state index in [4.69, 9.17) is 4.74 Å². The Balaban J connectivity index is 2.72. The summed E-state index contributed by atoms with van der Waals surface area (Å²) in [5, 5.41) is 6.16. The summed E-state index contributed by atoms with van der Waals surface area (Å²) in [7, 11) is -0.267. The average Bonchev–Trinajstić information content (AvgIpc) is 2.45. The first-order valence-electron chi connectivity index (χ1n) is 6.76. The number of nitrogens with zero attached hydrogens (tertiary/aromatic N) is 2. The van der Waals surface area contributed by atoms with Crippen LogP contribution in [0.5, 0.6) is 0 Å². The van der Waals surface area contributed by atoms with Gasteiger partial charge >= 0.3 is 0 Å². The summed E-state index contributed by atoms with van der Waals surface area (Å²) in [6.07, 6.45) is 0.979. The van der Waals surface area contributed by atoms with E-state index in [9.17, 15) is 8.42 Å². The molecule has 0 saturated carbocycles. The van der Waals surface area contributed by atoms with Crippen molar-refractivity contribution in [2.75, 3.05) is 43.6 Å². The number of rotatable bonds is 10. The molecule has 120 valence electrons. The van der Waals surface area contributed by atoms with Gasteiger partial charge in [-0.25, -0.2) is 23.1 Å². The molecule has 1 rings (SSSR count). The van der Waals surface area contributed by atoms with Gasteiger partial charge in [-0.1, -0.05) is 6.92 Å². The quantitative estimate of drug-likeness (QED) is 0.574. The zero-order chi connectivity index (χ0) is 15.7. The smallest absolute Gasteiger partial charge is 0.213 e. The average molecular weight is 317 g/mol. The Hall–Kier alpha value is -1.45. The molecule has 0 spiro atoms. The highest BCUT2D eigenvalue weighted by molar-refractivity contribution is 7.89. The van der Waals surface area contributed by atoms with E-state index in [-0.39, 0.29) is 12.3 Å². The third-order valence-corrected chi connectivity index (χ3v) is 3.95. The molecule has 0 aromatic carbocycles. The van der Waals surface area contributed by atoms with Crippen LogP contribution < -0.4 is 15.4 Å². The monoisotopic (exact) mass is 317 g/mol. The van der Waals surface area contributed by atoms with Crippen molar-refractivity contribution in [2.24, 2.45) is 0 Å². The minimum absolute atomic E-state index is 0.0230. The van der Waals surface area contributed by atoms with Gasteiger partial charge in [0.15, 0.2) is 5.82 Å². The van der Waals surface area contributed by atoms with Crippen molar-refractivity contribution in [3.8, 4) is 0 Å². The van der Waals surface area contributed by atoms with Crippen LogP contribution in [0.3, 0.4) is 0 Å². The van der Waals surface area contributed by atoms with Crippen LogP contribution in [-0.4, -0.2) is 51.4 Å². The van der Waals surface area contributed by atoms with Gasteiger partial charge in [-0.2, -0.15) is 0 Å². The van der Waals surface area contributed by atoms with Crippen LogP contribution in [0.15, 0.2) is 6.07 Å². The second-order valence-electron chi connectivity index (χ2n) is 4.36. The minimum Gasteiger partial charge on any atom is -0.377 e. The van der Waals surface area contributed by atoms with Crippen molar-refractivity contribution in [1.29, 1.82) is 0 Å². The van der Waals surface area contributed by atoms with Crippen LogP contribution in [0.1, 0.15) is 19.2 Å². The molecule has 0 amide bonds. The lowest BCUT2D eigenvalue weighted by Crippen LogP contribution is -2.26. The molecule has 0 unspecified atom stereocenters. The maximum Gasteiger partial charge on any atom is 0.213 e. The molecule has 1 aromatic rings. The Kier molecular flexibility index (Phi) is 7.34. The fraction of sp³-hybridized carbons (Fsp3) is 0.667. The summed E-state index contributed by atoms with van der Waals surface area (Å²) in [6, 6.07) is 1.75. The number of hydrogen-bond acceptors (Lipinski definition) is 7. The zero-order valence-electron chi connectivity index (χ0n) is 12.6. The predicted octanol–water partition coefficient (Wildman–Crippen LogP) is 0.406. The number of hydrogen-bond donors (Lipinski definition) is 3. The number of anilines is 2. The van der Waals surface area contributed by atoms with Crippen LogP contribution in [0.25, 0.3) is 0 Å². The van der Waals surface area contributed by atoms with Gasteiger partial charge in [0, 0.05) is 26.3 Å². The molecule has 0 aliphatic rings. The van der Waals surface area contributed by atoms with Crippen molar-refractivity contribution >= 4 is 21.7 Å². The molecule has 0 aliphatic heterocycles. The SMILES string of the molecule is CCCNc1cc(NCCS(=O)(=O)NC)nc(COC)n1. The van der Waals surface area contributed by atoms with Crippen LogP contribution in [0.4, 0.5) is 11.6 Å². The summed E-state index contributed by atoms with van der Waals surface area (Å²) in [6.45, 7) is 3.42. The molecular formula is C12H23N5O3S. The van der Waals surface area contributed by atoms with E-state index >= 15 is 0 Å². The van der Waals surface area contributed by atoms with Crippen molar-refractivity contribution < 1.29 is 13.2 Å². The van der Waals surface area contributed by atoms with E-state index in [1.807, 2.05) is 0 Å². The van der Waals surface area contributed by atoms with Crippen LogP contribution in [-0.2, 0) is 21.4 Å². The van der Waals surface area contributed by atoms with Crippen molar-refractivity contribution in [3.05, 3.63) is 11.9 Å². The minimum atomic E-state index is -3.23. The van der Waals surface area contributed by atoms with E-state index in [0.29, 0.717) is 24.1 Å². The number of aromatic nitrogens is 2. The maximum atomic E-state index is 11.4. The number of nitrogens with one attached hydrogen (secondary N) is 3. The molecule has 0 aliphatic carbocycles. The van der Waals surface area contributed by atoms with Crippen LogP contribution in [0, 0.1) is 0 Å². The van der Waals surface area contributed by atoms with Gasteiger partial charge in [0.25, 0.3) is 0 Å². The highest BCUT2D eigenvalue weighted by atomic mass is 32.2. The Morgan fingerprint density at radius 1 is 1.19 bits per heavy atom. The lowest BCUT2D eigenvalue weighted by molar-refractivity contribution is 0.178. The Morgan fingerprint density at radius 2 is 1.81 bits per heavy atom. The third kappa shape index (κ3) is 6.69. The van der Waals surface area contributed by atoms with Gasteiger partial charge in [0.05, 0.1) is 5.75 Å². The van der Waals surface area contributed by atoms with E-state index in [2.05, 4.69) is 32.2 Å². The van der Waals surface area contributed by atoms with Crippen molar-refractivity contribution in [2.45, 2.75) is 20.0 Å². The Morgan fingerprint density at radius 3 is 2.33 bits per heavy atom. The molecule has 0 atom stereocenters. The highest BCUT2D eigenvalue weighted by Gasteiger charge is 2.08. The normalized spacial score (nSPS) is 11.4. The number of methoxy groups -OCH3 is 1. The number of sulfonamides is 1. The predicted molar refractivity (Wildman–Crippen MR) is 82.9 cm³/mol. The molecule has 3 N–H and O–H groups in total. The summed E-state index contributed by atoms with van der Waals surface area (Å²) >= 11 is 0. The Labute approximate surface area is 125 Å². The topological polar surface area (TPSA) is 105 Å². The molecule has 9 heteroatoms. The van der Waals surface area contributed by atoms with Crippen LogP contribution in [0.2, 0.25) is 0 Å². The molecule has 21 heavy (non-hydrogen) atoms. The molecule has 1 heterocycles. The lowest BCUT2D eigenvalue weighted by atomic mass is 10.4. The maximum absolute atomic E-state index is 11.4. The second kappa shape index (κ2) is 8.75. The summed E-state index contributed by atoms with van der Waals surface area (Å²) in [4.78, 5) is 8.59. The second-order valence-corrected chi connectivity index (χ2v) is 6.41. The summed E-state index contributed by atoms with van der Waals surface area (Å²) < 4.78 is 30.0. The molecule has 0 bridgehead atoms. The van der Waals surface area contributed by atoms with E-state index in [1.54, 1.807) is 13.2 Å². The molecule has 0 saturated heterocycles. The molecule has 0 radical (unpaired) electrons. The fourth-order valence-electron chi connectivity index (χ4n) is 1.54. The first-order chi connectivity index (χ1) is 10.0. The highest BCUT2D eigenvalue weighted by Crippen LogP contribution is 2.12. The van der Waals surface area contributed by atoms with E-state index in [0.717, 1.165) is 13.0 Å². The van der Waals surface area contributed by atoms with Crippen molar-refractivity contribution in [3.63, 3.8) is 0 Å². The third-order valence-electron chi connectivity index (χ3n) is 2.59. The van der Waals surface area contributed by atoms with E-state index in [1.165, 1.54) is 7.05 Å². The fourth-order valence-corrected chi connectivity index (χ4v) is 2.12. The first-order valence-corrected chi connectivity index (χ1v) is 8.41. The lowest BCUT2D eigenvalue weighted by Gasteiger charge is -2.11. The van der Waals surface area contributed by atoms with Gasteiger partial charge < -0.3 is 15.4 Å². The van der Waals surface area contributed by atoms with Gasteiger partial charge in [-0.15, -0.1) is 0 Å². The zero-order valence-corrected chi connectivity index (χ0v) is 13.5. The first kappa shape index (κ1) is 17.6. The molecular weight excluding hydrogens is 294 g/mol. The summed E-state index contributed by atoms with van der Waals surface area (Å²) in [5.74, 6) is 1.78. The molecule has 0 fully saturated rings. The van der Waals surface area contributed by atoms with Crippen molar-refractivity contribution in [1.82, 2.24) is 14.7 Å². The van der Waals surface area contributed by atoms with E-state index < -0.39 is 10.0 Å². The van der Waals surface area contributed by atoms with Gasteiger partial charge in [-0.3, -0.25) is 0 Å². The van der Waals surface area contributed by atoms with Gasteiger partial charge in [-0.05, 0) is 13.5 Å². The Bertz CT molecular complexity index is 536.